The summed E-state index contributed by atoms with van der Waals surface area (Å²) in [5.74, 6) is -1.13. The lowest BCUT2D eigenvalue weighted by molar-refractivity contribution is -0.157. The highest BCUT2D eigenvalue weighted by Gasteiger charge is 2.39. The van der Waals surface area contributed by atoms with Crippen LogP contribution in [-0.2, 0) is 16.1 Å². The normalized spacial score (nSPS) is 15.9. The van der Waals surface area contributed by atoms with Crippen LogP contribution in [0.1, 0.15) is 16.2 Å². The van der Waals surface area contributed by atoms with Crippen molar-refractivity contribution in [3.05, 3.63) is 17.5 Å². The highest BCUT2D eigenvalue weighted by molar-refractivity contribution is 5.96. The summed E-state index contributed by atoms with van der Waals surface area (Å²) in [5, 5.41) is 3.51. The summed E-state index contributed by atoms with van der Waals surface area (Å²) in [6.07, 6.45) is -4.51. The summed E-state index contributed by atoms with van der Waals surface area (Å²) in [7, 11) is 1.43. The maximum atomic E-state index is 12.3. The Bertz CT molecular complexity index is 543. The first-order valence-electron chi connectivity index (χ1n) is 5.88. The second-order valence-electron chi connectivity index (χ2n) is 4.46. The first kappa shape index (κ1) is 15.3. The van der Waals surface area contributed by atoms with Crippen molar-refractivity contribution in [2.24, 2.45) is 0 Å². The average Bonchev–Trinajstić information content (AvgIpc) is 2.95. The number of aromatic nitrogens is 1. The second kappa shape index (κ2) is 5.72. The SMILES string of the molecule is COCc1cc(C(=O)N2CC(=O)N(CC(F)(F)F)C2)no1. The monoisotopic (exact) mass is 307 g/mol. The smallest absolute Gasteiger partial charge is 0.377 e. The molecule has 1 aliphatic rings. The molecule has 1 aliphatic heterocycles. The molecule has 7 nitrogen and oxygen atoms in total. The topological polar surface area (TPSA) is 75.9 Å². The Kier molecular flexibility index (Phi) is 4.16. The lowest BCUT2D eigenvalue weighted by Crippen LogP contribution is -2.37. The first-order valence-corrected chi connectivity index (χ1v) is 5.88. The number of halogens is 3. The Morgan fingerprint density at radius 2 is 2.24 bits per heavy atom. The van der Waals surface area contributed by atoms with Gasteiger partial charge in [0, 0.05) is 13.2 Å². The molecule has 0 atom stereocenters. The van der Waals surface area contributed by atoms with Crippen LogP contribution >= 0.6 is 0 Å². The maximum absolute atomic E-state index is 12.3. The number of carbonyl (C=O) groups is 2. The third-order valence-corrected chi connectivity index (χ3v) is 2.74. The number of carbonyl (C=O) groups excluding carboxylic acids is 2. The molecule has 0 saturated carbocycles. The lowest BCUT2D eigenvalue weighted by atomic mass is 10.3. The Balaban J connectivity index is 2.02. The number of ether oxygens (including phenoxy) is 1. The average molecular weight is 307 g/mol. The zero-order valence-corrected chi connectivity index (χ0v) is 11.0. The summed E-state index contributed by atoms with van der Waals surface area (Å²) in [4.78, 5) is 25.0. The standard InChI is InChI=1S/C11H12F3N3O4/c1-20-4-7-2-8(15-21-7)10(19)16-3-9(18)17(6-16)5-11(12,13)14/h2H,3-6H2,1H3. The fourth-order valence-corrected chi connectivity index (χ4v) is 1.87. The van der Waals surface area contributed by atoms with Gasteiger partial charge in [0.05, 0.1) is 6.67 Å². The zero-order chi connectivity index (χ0) is 15.6. The van der Waals surface area contributed by atoms with Gasteiger partial charge in [-0.25, -0.2) is 0 Å². The minimum absolute atomic E-state index is 0.0799. The van der Waals surface area contributed by atoms with E-state index in [9.17, 15) is 22.8 Å². The summed E-state index contributed by atoms with van der Waals surface area (Å²) in [6.45, 7) is -2.12. The van der Waals surface area contributed by atoms with Crippen LogP contribution in [0.2, 0.25) is 0 Å². The highest BCUT2D eigenvalue weighted by atomic mass is 19.4. The predicted octanol–water partition coefficient (Wildman–Crippen LogP) is 0.625. The molecule has 0 aromatic carbocycles. The van der Waals surface area contributed by atoms with Crippen molar-refractivity contribution in [1.29, 1.82) is 0 Å². The number of methoxy groups -OCH3 is 1. The molecule has 116 valence electrons. The number of alkyl halides is 3. The molecule has 0 radical (unpaired) electrons. The fraction of sp³-hybridized carbons (Fsp3) is 0.545. The van der Waals surface area contributed by atoms with Gasteiger partial charge in [0.1, 0.15) is 19.7 Å². The van der Waals surface area contributed by atoms with Crippen molar-refractivity contribution in [3.8, 4) is 0 Å². The van der Waals surface area contributed by atoms with E-state index in [0.29, 0.717) is 10.7 Å². The van der Waals surface area contributed by atoms with Crippen molar-refractivity contribution < 1.29 is 32.0 Å². The summed E-state index contributed by atoms with van der Waals surface area (Å²) in [5.41, 5.74) is -0.0799. The lowest BCUT2D eigenvalue weighted by Gasteiger charge is -2.18. The van der Waals surface area contributed by atoms with Gasteiger partial charge in [-0.15, -0.1) is 0 Å². The molecule has 10 heteroatoms. The van der Waals surface area contributed by atoms with Crippen LogP contribution in [0.4, 0.5) is 13.2 Å². The minimum atomic E-state index is -4.51. The summed E-state index contributed by atoms with van der Waals surface area (Å²) < 4.78 is 46.5. The van der Waals surface area contributed by atoms with Crippen molar-refractivity contribution >= 4 is 11.8 Å². The molecule has 1 fully saturated rings. The number of hydrogen-bond donors (Lipinski definition) is 0. The van der Waals surface area contributed by atoms with E-state index < -0.39 is 37.7 Å². The molecule has 2 heterocycles. The van der Waals surface area contributed by atoms with Gasteiger partial charge >= 0.3 is 6.18 Å². The van der Waals surface area contributed by atoms with Gasteiger partial charge < -0.3 is 19.1 Å². The van der Waals surface area contributed by atoms with Crippen molar-refractivity contribution in [1.82, 2.24) is 15.0 Å². The minimum Gasteiger partial charge on any atom is -0.377 e. The molecule has 2 rings (SSSR count). The van der Waals surface area contributed by atoms with E-state index in [4.69, 9.17) is 9.26 Å². The number of hydrogen-bond acceptors (Lipinski definition) is 5. The molecule has 1 aromatic heterocycles. The van der Waals surface area contributed by atoms with Gasteiger partial charge in [0.25, 0.3) is 5.91 Å². The molecule has 1 saturated heterocycles. The van der Waals surface area contributed by atoms with Crippen LogP contribution < -0.4 is 0 Å². The van der Waals surface area contributed by atoms with Gasteiger partial charge in [-0.3, -0.25) is 9.59 Å². The Morgan fingerprint density at radius 3 is 2.86 bits per heavy atom. The predicted molar refractivity (Wildman–Crippen MR) is 60.9 cm³/mol. The maximum Gasteiger partial charge on any atom is 0.406 e. The van der Waals surface area contributed by atoms with Crippen LogP contribution in [0.25, 0.3) is 0 Å². The van der Waals surface area contributed by atoms with Crippen LogP contribution in [0.5, 0.6) is 0 Å². The Labute approximate surface area is 117 Å². The third kappa shape index (κ3) is 3.72. The number of rotatable bonds is 4. The fourth-order valence-electron chi connectivity index (χ4n) is 1.87. The number of nitrogens with zero attached hydrogens (tertiary/aromatic N) is 3. The van der Waals surface area contributed by atoms with E-state index in [1.54, 1.807) is 0 Å². The summed E-state index contributed by atoms with van der Waals surface area (Å²) >= 11 is 0. The van der Waals surface area contributed by atoms with E-state index in [-0.39, 0.29) is 12.3 Å². The van der Waals surface area contributed by atoms with E-state index in [1.807, 2.05) is 0 Å². The van der Waals surface area contributed by atoms with Gasteiger partial charge in [0.15, 0.2) is 11.5 Å². The third-order valence-electron chi connectivity index (χ3n) is 2.74. The molecule has 0 spiro atoms. The van der Waals surface area contributed by atoms with Crippen molar-refractivity contribution in [2.45, 2.75) is 12.8 Å². The van der Waals surface area contributed by atoms with Crippen LogP contribution in [0.3, 0.4) is 0 Å². The van der Waals surface area contributed by atoms with Gasteiger partial charge in [-0.05, 0) is 0 Å². The molecule has 1 aromatic rings. The quantitative estimate of drug-likeness (QED) is 0.815. The van der Waals surface area contributed by atoms with Crippen LogP contribution in [0.15, 0.2) is 10.6 Å². The zero-order valence-electron chi connectivity index (χ0n) is 11.0. The largest absolute Gasteiger partial charge is 0.406 e. The van der Waals surface area contributed by atoms with Crippen LogP contribution in [-0.4, -0.2) is 59.8 Å². The highest BCUT2D eigenvalue weighted by Crippen LogP contribution is 2.20. The molecule has 21 heavy (non-hydrogen) atoms. The molecule has 0 aliphatic carbocycles. The summed E-state index contributed by atoms with van der Waals surface area (Å²) in [6, 6.07) is 1.32. The molecule has 2 amide bonds. The molecular weight excluding hydrogens is 295 g/mol. The van der Waals surface area contributed by atoms with Gasteiger partial charge in [-0.1, -0.05) is 5.16 Å². The van der Waals surface area contributed by atoms with E-state index in [0.717, 1.165) is 4.90 Å². The molecule has 0 bridgehead atoms. The van der Waals surface area contributed by atoms with E-state index in [1.165, 1.54) is 13.2 Å². The van der Waals surface area contributed by atoms with Crippen molar-refractivity contribution in [2.75, 3.05) is 26.9 Å². The Hall–Kier alpha value is -2.10. The first-order chi connectivity index (χ1) is 9.80. The van der Waals surface area contributed by atoms with Crippen LogP contribution in [0, 0.1) is 0 Å². The van der Waals surface area contributed by atoms with E-state index in [2.05, 4.69) is 5.16 Å². The number of amides is 2. The van der Waals surface area contributed by atoms with Crippen molar-refractivity contribution in [3.63, 3.8) is 0 Å². The Morgan fingerprint density at radius 1 is 1.52 bits per heavy atom. The molecular formula is C11H12F3N3O4. The van der Waals surface area contributed by atoms with Gasteiger partial charge in [-0.2, -0.15) is 13.2 Å². The second-order valence-corrected chi connectivity index (χ2v) is 4.46. The van der Waals surface area contributed by atoms with Gasteiger partial charge in [0.2, 0.25) is 5.91 Å². The van der Waals surface area contributed by atoms with E-state index >= 15 is 0 Å². The molecule has 0 N–H and O–H groups in total. The molecule has 0 unspecified atom stereocenters.